The molecule has 18 heavy (non-hydrogen) atoms. The Morgan fingerprint density at radius 3 is 2.61 bits per heavy atom. The largest absolute Gasteiger partial charge is 0.371 e. The maximum Gasteiger partial charge on any atom is 0.246 e. The zero-order valence-electron chi connectivity index (χ0n) is 11.1. The third kappa shape index (κ3) is 7.04. The molecule has 0 saturated carbocycles. The van der Waals surface area contributed by atoms with Gasteiger partial charge in [-0.3, -0.25) is 4.79 Å². The molecule has 0 radical (unpaired) electrons. The third-order valence-corrected chi connectivity index (χ3v) is 2.35. The minimum absolute atomic E-state index is 0.0862. The Labute approximate surface area is 109 Å². The number of hydrogen-bond acceptors (Lipinski definition) is 3. The van der Waals surface area contributed by atoms with E-state index < -0.39 is 0 Å². The van der Waals surface area contributed by atoms with Crippen LogP contribution in [0.5, 0.6) is 0 Å². The van der Waals surface area contributed by atoms with Gasteiger partial charge in [0.25, 0.3) is 0 Å². The fourth-order valence-corrected chi connectivity index (χ4v) is 1.38. The van der Waals surface area contributed by atoms with Crippen molar-refractivity contribution in [3.63, 3.8) is 0 Å². The average molecular weight is 250 g/mol. The van der Waals surface area contributed by atoms with Crippen molar-refractivity contribution >= 4 is 5.91 Å². The number of hydrogen-bond donors (Lipinski definition) is 2. The molecule has 1 amide bonds. The topological polar surface area (TPSA) is 64.3 Å². The van der Waals surface area contributed by atoms with Crippen molar-refractivity contribution in [3.05, 3.63) is 35.9 Å². The van der Waals surface area contributed by atoms with Gasteiger partial charge in [-0.05, 0) is 25.8 Å². The van der Waals surface area contributed by atoms with Crippen LogP contribution in [0.4, 0.5) is 0 Å². The van der Waals surface area contributed by atoms with Crippen LogP contribution in [0, 0.1) is 0 Å². The van der Waals surface area contributed by atoms with E-state index in [1.807, 2.05) is 44.2 Å². The highest BCUT2D eigenvalue weighted by Gasteiger charge is 2.11. The lowest BCUT2D eigenvalue weighted by atomic mass is 10.1. The molecule has 0 aliphatic carbocycles. The second-order valence-electron chi connectivity index (χ2n) is 5.05. The van der Waals surface area contributed by atoms with Gasteiger partial charge in [-0.2, -0.15) is 0 Å². The predicted molar refractivity (Wildman–Crippen MR) is 72.2 cm³/mol. The summed E-state index contributed by atoms with van der Waals surface area (Å²) < 4.78 is 5.31. The maximum absolute atomic E-state index is 11.4. The van der Waals surface area contributed by atoms with Crippen LogP contribution in [-0.2, 0) is 16.0 Å². The SMILES string of the molecule is CC(C)(N)CNC(=O)COCCc1ccccc1. The van der Waals surface area contributed by atoms with Crippen molar-refractivity contribution in [3.8, 4) is 0 Å². The van der Waals surface area contributed by atoms with Crippen LogP contribution in [0.1, 0.15) is 19.4 Å². The quantitative estimate of drug-likeness (QED) is 0.712. The molecule has 0 heterocycles. The summed E-state index contributed by atoms with van der Waals surface area (Å²) in [4.78, 5) is 11.4. The highest BCUT2D eigenvalue weighted by atomic mass is 16.5. The Morgan fingerprint density at radius 1 is 1.33 bits per heavy atom. The van der Waals surface area contributed by atoms with Crippen LogP contribution in [0.15, 0.2) is 30.3 Å². The Bertz CT molecular complexity index is 358. The maximum atomic E-state index is 11.4. The van der Waals surface area contributed by atoms with Crippen LogP contribution in [0.3, 0.4) is 0 Å². The van der Waals surface area contributed by atoms with Gasteiger partial charge in [0, 0.05) is 12.1 Å². The van der Waals surface area contributed by atoms with E-state index in [9.17, 15) is 4.79 Å². The summed E-state index contributed by atoms with van der Waals surface area (Å²) in [5.74, 6) is -0.124. The Hall–Kier alpha value is -1.39. The molecule has 0 aliphatic heterocycles. The van der Waals surface area contributed by atoms with Gasteiger partial charge >= 0.3 is 0 Å². The van der Waals surface area contributed by atoms with Gasteiger partial charge in [0.15, 0.2) is 0 Å². The van der Waals surface area contributed by atoms with Crippen molar-refractivity contribution < 1.29 is 9.53 Å². The van der Waals surface area contributed by atoms with Crippen molar-refractivity contribution in [2.45, 2.75) is 25.8 Å². The zero-order chi connectivity index (χ0) is 13.4. The molecule has 0 saturated heterocycles. The first-order chi connectivity index (χ1) is 8.47. The molecular weight excluding hydrogens is 228 g/mol. The second-order valence-corrected chi connectivity index (χ2v) is 5.05. The lowest BCUT2D eigenvalue weighted by molar-refractivity contribution is -0.125. The van der Waals surface area contributed by atoms with Crippen LogP contribution in [-0.4, -0.2) is 31.2 Å². The molecule has 0 fully saturated rings. The Balaban J connectivity index is 2.09. The number of nitrogens with two attached hydrogens (primary N) is 1. The minimum Gasteiger partial charge on any atom is -0.371 e. The predicted octanol–water partition coefficient (Wildman–Crippen LogP) is 1.10. The lowest BCUT2D eigenvalue weighted by Crippen LogP contribution is -2.46. The number of amides is 1. The first kappa shape index (κ1) is 14.7. The van der Waals surface area contributed by atoms with Crippen molar-refractivity contribution in [2.75, 3.05) is 19.8 Å². The molecule has 0 aliphatic rings. The molecule has 1 rings (SSSR count). The van der Waals surface area contributed by atoms with Crippen molar-refractivity contribution in [1.82, 2.24) is 5.32 Å². The van der Waals surface area contributed by atoms with Gasteiger partial charge in [0.05, 0.1) is 6.61 Å². The van der Waals surface area contributed by atoms with Crippen LogP contribution < -0.4 is 11.1 Å². The molecule has 100 valence electrons. The normalized spacial score (nSPS) is 11.3. The van der Waals surface area contributed by atoms with Crippen molar-refractivity contribution in [1.29, 1.82) is 0 Å². The highest BCUT2D eigenvalue weighted by molar-refractivity contribution is 5.77. The van der Waals surface area contributed by atoms with E-state index >= 15 is 0 Å². The Kier molecular flexibility index (Phi) is 5.82. The minimum atomic E-state index is -0.389. The van der Waals surface area contributed by atoms with E-state index in [0.29, 0.717) is 13.2 Å². The number of carbonyl (C=O) groups is 1. The molecule has 0 bridgehead atoms. The van der Waals surface area contributed by atoms with Gasteiger partial charge in [0.2, 0.25) is 5.91 Å². The summed E-state index contributed by atoms with van der Waals surface area (Å²) in [6, 6.07) is 10.0. The van der Waals surface area contributed by atoms with Gasteiger partial charge in [0.1, 0.15) is 6.61 Å². The van der Waals surface area contributed by atoms with E-state index in [1.54, 1.807) is 0 Å². The zero-order valence-corrected chi connectivity index (χ0v) is 11.1. The summed E-state index contributed by atoms with van der Waals surface area (Å²) in [6.45, 7) is 4.81. The molecular formula is C14H22N2O2. The van der Waals surface area contributed by atoms with E-state index in [4.69, 9.17) is 10.5 Å². The van der Waals surface area contributed by atoms with Crippen LogP contribution in [0.2, 0.25) is 0 Å². The van der Waals surface area contributed by atoms with Gasteiger partial charge in [-0.25, -0.2) is 0 Å². The summed E-state index contributed by atoms with van der Waals surface area (Å²) in [6.07, 6.45) is 0.816. The molecule has 0 aromatic heterocycles. The molecule has 4 heteroatoms. The van der Waals surface area contributed by atoms with Gasteiger partial charge < -0.3 is 15.8 Å². The average Bonchev–Trinajstić information content (AvgIpc) is 2.33. The lowest BCUT2D eigenvalue weighted by Gasteiger charge is -2.18. The molecule has 0 unspecified atom stereocenters. The number of carbonyl (C=O) groups excluding carboxylic acids is 1. The summed E-state index contributed by atoms with van der Waals surface area (Å²) in [7, 11) is 0. The molecule has 1 aromatic rings. The molecule has 0 spiro atoms. The van der Waals surface area contributed by atoms with E-state index in [0.717, 1.165) is 6.42 Å². The van der Waals surface area contributed by atoms with Crippen LogP contribution >= 0.6 is 0 Å². The van der Waals surface area contributed by atoms with Crippen LogP contribution in [0.25, 0.3) is 0 Å². The molecule has 1 aromatic carbocycles. The first-order valence-corrected chi connectivity index (χ1v) is 6.15. The molecule has 4 nitrogen and oxygen atoms in total. The smallest absolute Gasteiger partial charge is 0.246 e. The Morgan fingerprint density at radius 2 is 2.00 bits per heavy atom. The molecule has 3 N–H and O–H groups in total. The van der Waals surface area contributed by atoms with E-state index in [1.165, 1.54) is 5.56 Å². The monoisotopic (exact) mass is 250 g/mol. The fourth-order valence-electron chi connectivity index (χ4n) is 1.38. The second kappa shape index (κ2) is 7.13. The summed E-state index contributed by atoms with van der Waals surface area (Å²) >= 11 is 0. The van der Waals surface area contributed by atoms with E-state index in [-0.39, 0.29) is 18.1 Å². The summed E-state index contributed by atoms with van der Waals surface area (Å²) in [5.41, 5.74) is 6.58. The first-order valence-electron chi connectivity index (χ1n) is 6.15. The van der Waals surface area contributed by atoms with E-state index in [2.05, 4.69) is 5.32 Å². The third-order valence-electron chi connectivity index (χ3n) is 2.35. The number of benzene rings is 1. The number of ether oxygens (including phenoxy) is 1. The number of rotatable bonds is 7. The van der Waals surface area contributed by atoms with Crippen molar-refractivity contribution in [2.24, 2.45) is 5.73 Å². The van der Waals surface area contributed by atoms with Gasteiger partial charge in [-0.1, -0.05) is 30.3 Å². The van der Waals surface area contributed by atoms with Gasteiger partial charge in [-0.15, -0.1) is 0 Å². The standard InChI is InChI=1S/C14H22N2O2/c1-14(2,15)11-16-13(17)10-18-9-8-12-6-4-3-5-7-12/h3-7H,8-11,15H2,1-2H3,(H,16,17). The highest BCUT2D eigenvalue weighted by Crippen LogP contribution is 1.99. The number of nitrogens with one attached hydrogen (secondary N) is 1. The summed E-state index contributed by atoms with van der Waals surface area (Å²) in [5, 5.41) is 2.73. The fraction of sp³-hybridized carbons (Fsp3) is 0.500. The molecule has 0 atom stereocenters.